The van der Waals surface area contributed by atoms with Crippen molar-refractivity contribution in [2.75, 3.05) is 6.54 Å². The molecule has 0 amide bonds. The van der Waals surface area contributed by atoms with Crippen LogP contribution < -0.4 is 5.32 Å². The Labute approximate surface area is 89.0 Å². The highest BCUT2D eigenvalue weighted by atomic mass is 14.9. The Balaban J connectivity index is 2.47. The van der Waals surface area contributed by atoms with Crippen LogP contribution in [0.2, 0.25) is 0 Å². The third-order valence-corrected chi connectivity index (χ3v) is 3.18. The van der Waals surface area contributed by atoms with Gasteiger partial charge in [0.25, 0.3) is 0 Å². The molecule has 2 nitrogen and oxygen atoms in total. The highest BCUT2D eigenvalue weighted by Crippen LogP contribution is 2.30. The van der Waals surface area contributed by atoms with Crippen LogP contribution in [-0.2, 0) is 6.42 Å². The van der Waals surface area contributed by atoms with Crippen LogP contribution in [0, 0.1) is 6.92 Å². The summed E-state index contributed by atoms with van der Waals surface area (Å²) in [6.45, 7) is 7.20. The predicted molar refractivity (Wildman–Crippen MR) is 63.8 cm³/mol. The van der Waals surface area contributed by atoms with Gasteiger partial charge < -0.3 is 10.3 Å². The van der Waals surface area contributed by atoms with Crippen molar-refractivity contribution >= 4 is 16.6 Å². The largest absolute Gasteiger partial charge is 0.385 e. The molecule has 0 saturated heterocycles. The van der Waals surface area contributed by atoms with E-state index in [1.54, 1.807) is 0 Å². The van der Waals surface area contributed by atoms with Gasteiger partial charge >= 0.3 is 0 Å². The molecule has 0 bridgehead atoms. The summed E-state index contributed by atoms with van der Waals surface area (Å²) in [5.74, 6) is 0. The number of rotatable bonds is 0. The van der Waals surface area contributed by atoms with E-state index < -0.39 is 0 Å². The van der Waals surface area contributed by atoms with Gasteiger partial charge in [-0.2, -0.15) is 0 Å². The zero-order chi connectivity index (χ0) is 10.4. The standard InChI is InChI=1S/C13H14N2/c1-8-10-4-3-5-12-13(10)11(6-7-14-8)9(2)15-12/h3-5,14-15H,1,6-7H2,2H3. The molecule has 0 unspecified atom stereocenters. The summed E-state index contributed by atoms with van der Waals surface area (Å²) in [5.41, 5.74) is 6.23. The molecule has 1 aromatic heterocycles. The minimum absolute atomic E-state index is 0.974. The maximum Gasteiger partial charge on any atom is 0.0465 e. The summed E-state index contributed by atoms with van der Waals surface area (Å²) in [7, 11) is 0. The Kier molecular flexibility index (Phi) is 1.66. The third kappa shape index (κ3) is 1.11. The van der Waals surface area contributed by atoms with Crippen molar-refractivity contribution in [3.8, 4) is 0 Å². The molecule has 1 aromatic carbocycles. The van der Waals surface area contributed by atoms with E-state index in [2.05, 4.69) is 42.0 Å². The second-order valence-corrected chi connectivity index (χ2v) is 4.11. The first-order chi connectivity index (χ1) is 7.27. The van der Waals surface area contributed by atoms with E-state index in [0.717, 1.165) is 18.7 Å². The third-order valence-electron chi connectivity index (χ3n) is 3.18. The van der Waals surface area contributed by atoms with Crippen molar-refractivity contribution in [1.29, 1.82) is 0 Å². The molecule has 15 heavy (non-hydrogen) atoms. The monoisotopic (exact) mass is 198 g/mol. The lowest BCUT2D eigenvalue weighted by Gasteiger charge is -2.06. The average Bonchev–Trinajstić information content (AvgIpc) is 2.43. The summed E-state index contributed by atoms with van der Waals surface area (Å²) in [6, 6.07) is 6.35. The number of H-pyrrole nitrogens is 1. The maximum atomic E-state index is 4.08. The van der Waals surface area contributed by atoms with Gasteiger partial charge in [0.15, 0.2) is 0 Å². The van der Waals surface area contributed by atoms with E-state index >= 15 is 0 Å². The highest BCUT2D eigenvalue weighted by Gasteiger charge is 2.16. The van der Waals surface area contributed by atoms with Crippen LogP contribution in [0.15, 0.2) is 24.8 Å². The van der Waals surface area contributed by atoms with Gasteiger partial charge in [0.2, 0.25) is 0 Å². The number of aryl methyl sites for hydroxylation is 1. The van der Waals surface area contributed by atoms with Crippen molar-refractivity contribution in [3.05, 3.63) is 41.6 Å². The zero-order valence-electron chi connectivity index (χ0n) is 8.85. The molecule has 2 heterocycles. The molecular weight excluding hydrogens is 184 g/mol. The Morgan fingerprint density at radius 2 is 2.20 bits per heavy atom. The van der Waals surface area contributed by atoms with Gasteiger partial charge in [-0.3, -0.25) is 0 Å². The Hall–Kier alpha value is -1.70. The molecule has 0 saturated carbocycles. The molecule has 1 aliphatic heterocycles. The van der Waals surface area contributed by atoms with Gasteiger partial charge in [-0.25, -0.2) is 0 Å². The molecule has 1 aliphatic rings. The van der Waals surface area contributed by atoms with Gasteiger partial charge in [0.1, 0.15) is 0 Å². The van der Waals surface area contributed by atoms with Gasteiger partial charge in [-0.1, -0.05) is 18.7 Å². The minimum atomic E-state index is 0.974. The molecule has 76 valence electrons. The second-order valence-electron chi connectivity index (χ2n) is 4.11. The highest BCUT2D eigenvalue weighted by molar-refractivity contribution is 5.95. The SMILES string of the molecule is C=C1NCCc2c(C)[nH]c3cccc1c23. The summed E-state index contributed by atoms with van der Waals surface area (Å²) in [6.07, 6.45) is 1.07. The quantitative estimate of drug-likeness (QED) is 0.669. The number of hydrogen-bond acceptors (Lipinski definition) is 1. The fourth-order valence-corrected chi connectivity index (χ4v) is 2.44. The molecule has 3 rings (SSSR count). The lowest BCUT2D eigenvalue weighted by Crippen LogP contribution is -2.12. The first-order valence-electron chi connectivity index (χ1n) is 5.30. The van der Waals surface area contributed by atoms with Crippen LogP contribution in [0.4, 0.5) is 0 Å². The molecule has 2 heteroatoms. The predicted octanol–water partition coefficient (Wildman–Crippen LogP) is 2.59. The van der Waals surface area contributed by atoms with Crippen LogP contribution in [0.25, 0.3) is 16.6 Å². The number of benzene rings is 1. The van der Waals surface area contributed by atoms with Crippen molar-refractivity contribution in [2.24, 2.45) is 0 Å². The average molecular weight is 198 g/mol. The van der Waals surface area contributed by atoms with Crippen LogP contribution in [0.5, 0.6) is 0 Å². The van der Waals surface area contributed by atoms with E-state index in [9.17, 15) is 0 Å². The van der Waals surface area contributed by atoms with Gasteiger partial charge in [-0.05, 0) is 25.0 Å². The van der Waals surface area contributed by atoms with Gasteiger partial charge in [0, 0.05) is 34.4 Å². The van der Waals surface area contributed by atoms with Crippen molar-refractivity contribution < 1.29 is 0 Å². The van der Waals surface area contributed by atoms with E-state index in [1.807, 2.05) is 0 Å². The lowest BCUT2D eigenvalue weighted by molar-refractivity contribution is 0.857. The minimum Gasteiger partial charge on any atom is -0.385 e. The van der Waals surface area contributed by atoms with E-state index in [4.69, 9.17) is 0 Å². The number of nitrogens with one attached hydrogen (secondary N) is 2. The summed E-state index contributed by atoms with van der Waals surface area (Å²) >= 11 is 0. The zero-order valence-corrected chi connectivity index (χ0v) is 8.85. The maximum absolute atomic E-state index is 4.08. The molecule has 0 fully saturated rings. The molecule has 2 aromatic rings. The molecule has 0 aliphatic carbocycles. The van der Waals surface area contributed by atoms with Crippen LogP contribution in [-0.4, -0.2) is 11.5 Å². The van der Waals surface area contributed by atoms with Crippen LogP contribution in [0.3, 0.4) is 0 Å². The van der Waals surface area contributed by atoms with E-state index in [0.29, 0.717) is 0 Å². The number of hydrogen-bond donors (Lipinski definition) is 2. The molecule has 0 radical (unpaired) electrons. The van der Waals surface area contributed by atoms with Crippen LogP contribution >= 0.6 is 0 Å². The first-order valence-corrected chi connectivity index (χ1v) is 5.30. The Bertz CT molecular complexity index is 549. The topological polar surface area (TPSA) is 27.8 Å². The summed E-state index contributed by atoms with van der Waals surface area (Å²) < 4.78 is 0. The van der Waals surface area contributed by atoms with E-state index in [1.165, 1.54) is 27.7 Å². The van der Waals surface area contributed by atoms with Crippen molar-refractivity contribution in [1.82, 2.24) is 10.3 Å². The molecule has 0 atom stereocenters. The Morgan fingerprint density at radius 1 is 1.33 bits per heavy atom. The fraction of sp³-hybridized carbons (Fsp3) is 0.231. The molecule has 0 spiro atoms. The fourth-order valence-electron chi connectivity index (χ4n) is 2.44. The summed E-state index contributed by atoms with van der Waals surface area (Å²) in [4.78, 5) is 3.44. The smallest absolute Gasteiger partial charge is 0.0465 e. The normalized spacial score (nSPS) is 15.1. The number of aromatic nitrogens is 1. The lowest BCUT2D eigenvalue weighted by atomic mass is 10.0. The second kappa shape index (κ2) is 2.89. The van der Waals surface area contributed by atoms with Gasteiger partial charge in [0.05, 0.1) is 0 Å². The first kappa shape index (κ1) is 8.60. The molecule has 2 N–H and O–H groups in total. The van der Waals surface area contributed by atoms with Gasteiger partial charge in [-0.15, -0.1) is 0 Å². The molecular formula is C13H14N2. The summed E-state index contributed by atoms with van der Waals surface area (Å²) in [5, 5.41) is 4.71. The Morgan fingerprint density at radius 3 is 3.07 bits per heavy atom. The van der Waals surface area contributed by atoms with Crippen molar-refractivity contribution in [2.45, 2.75) is 13.3 Å². The van der Waals surface area contributed by atoms with E-state index in [-0.39, 0.29) is 0 Å². The number of aromatic amines is 1. The van der Waals surface area contributed by atoms with Crippen LogP contribution in [0.1, 0.15) is 16.8 Å². The van der Waals surface area contributed by atoms with Crippen molar-refractivity contribution in [3.63, 3.8) is 0 Å².